The van der Waals surface area contributed by atoms with Gasteiger partial charge in [0.25, 0.3) is 0 Å². The van der Waals surface area contributed by atoms with Crippen molar-refractivity contribution in [2.75, 3.05) is 19.6 Å². The van der Waals surface area contributed by atoms with Crippen LogP contribution in [-0.2, 0) is 4.79 Å². The largest absolute Gasteiger partial charge is 0.353 e. The van der Waals surface area contributed by atoms with Crippen molar-refractivity contribution in [1.29, 1.82) is 0 Å². The van der Waals surface area contributed by atoms with Gasteiger partial charge in [0.2, 0.25) is 5.91 Å². The molecular weight excluding hydrogens is 286 g/mol. The lowest BCUT2D eigenvalue weighted by molar-refractivity contribution is -0.123. The van der Waals surface area contributed by atoms with Gasteiger partial charge in [-0.3, -0.25) is 9.69 Å². The Labute approximate surface area is 142 Å². The van der Waals surface area contributed by atoms with Crippen LogP contribution in [0.5, 0.6) is 0 Å². The van der Waals surface area contributed by atoms with Crippen LogP contribution in [0.2, 0.25) is 0 Å². The van der Waals surface area contributed by atoms with Gasteiger partial charge in [-0.05, 0) is 57.0 Å². The predicted octanol–water partition coefficient (Wildman–Crippen LogP) is 2.91. The van der Waals surface area contributed by atoms with E-state index in [-0.39, 0.29) is 17.5 Å². The standard InChI is InChI=1S/C19H37N3O/c1-15(2)13-17(20)18(23)21-14-19(9-5-4-6-10-19)22-11-7-16(3)8-12-22/h15-17H,4-14,20H2,1-3H3,(H,21,23)/t17-/m0/s1. The Morgan fingerprint density at radius 1 is 1.22 bits per heavy atom. The molecule has 2 aliphatic rings. The van der Waals surface area contributed by atoms with E-state index in [9.17, 15) is 4.79 Å². The Morgan fingerprint density at radius 2 is 1.83 bits per heavy atom. The third-order valence-corrected chi connectivity index (χ3v) is 5.89. The molecule has 0 spiro atoms. The molecule has 0 aromatic carbocycles. The smallest absolute Gasteiger partial charge is 0.236 e. The number of nitrogens with one attached hydrogen (secondary N) is 1. The summed E-state index contributed by atoms with van der Waals surface area (Å²) in [6, 6.07) is -0.364. The van der Waals surface area contributed by atoms with Crippen LogP contribution in [0.25, 0.3) is 0 Å². The minimum Gasteiger partial charge on any atom is -0.353 e. The zero-order valence-corrected chi connectivity index (χ0v) is 15.4. The molecule has 0 aromatic rings. The zero-order chi connectivity index (χ0) is 16.9. The van der Waals surface area contributed by atoms with Gasteiger partial charge in [-0.2, -0.15) is 0 Å². The van der Waals surface area contributed by atoms with E-state index in [4.69, 9.17) is 5.73 Å². The molecule has 0 unspecified atom stereocenters. The first-order valence-electron chi connectivity index (χ1n) is 9.71. The molecule has 1 heterocycles. The highest BCUT2D eigenvalue weighted by Gasteiger charge is 2.39. The molecule has 0 aromatic heterocycles. The van der Waals surface area contributed by atoms with E-state index >= 15 is 0 Å². The third kappa shape index (κ3) is 5.18. The van der Waals surface area contributed by atoms with Gasteiger partial charge >= 0.3 is 0 Å². The van der Waals surface area contributed by atoms with Crippen LogP contribution >= 0.6 is 0 Å². The van der Waals surface area contributed by atoms with Crippen LogP contribution in [-0.4, -0.2) is 42.0 Å². The lowest BCUT2D eigenvalue weighted by atomic mass is 9.78. The highest BCUT2D eigenvalue weighted by Crippen LogP contribution is 2.36. The summed E-state index contributed by atoms with van der Waals surface area (Å²) in [5.41, 5.74) is 6.23. The minimum atomic E-state index is -0.364. The van der Waals surface area contributed by atoms with E-state index in [0.717, 1.165) is 18.9 Å². The topological polar surface area (TPSA) is 58.4 Å². The van der Waals surface area contributed by atoms with Gasteiger partial charge < -0.3 is 11.1 Å². The number of carbonyl (C=O) groups is 1. The molecule has 23 heavy (non-hydrogen) atoms. The molecule has 1 atom stereocenters. The number of hydrogen-bond donors (Lipinski definition) is 2. The first kappa shape index (κ1) is 18.7. The fourth-order valence-corrected chi connectivity index (χ4v) is 4.30. The Kier molecular flexibility index (Phi) is 6.90. The molecule has 1 amide bonds. The van der Waals surface area contributed by atoms with Gasteiger partial charge in [0.1, 0.15) is 0 Å². The Balaban J connectivity index is 1.94. The van der Waals surface area contributed by atoms with Crippen LogP contribution in [0.1, 0.15) is 72.1 Å². The van der Waals surface area contributed by atoms with Crippen LogP contribution in [0.3, 0.4) is 0 Å². The zero-order valence-electron chi connectivity index (χ0n) is 15.4. The maximum Gasteiger partial charge on any atom is 0.236 e. The molecule has 4 heteroatoms. The molecule has 0 radical (unpaired) electrons. The lowest BCUT2D eigenvalue weighted by Gasteiger charge is -2.49. The van der Waals surface area contributed by atoms with Crippen molar-refractivity contribution in [2.45, 2.75) is 83.7 Å². The maximum atomic E-state index is 12.3. The van der Waals surface area contributed by atoms with E-state index in [2.05, 4.69) is 31.0 Å². The Hall–Kier alpha value is -0.610. The summed E-state index contributed by atoms with van der Waals surface area (Å²) in [6.45, 7) is 9.75. The van der Waals surface area contributed by atoms with E-state index in [1.807, 2.05) is 0 Å². The van der Waals surface area contributed by atoms with Gasteiger partial charge in [0.05, 0.1) is 6.04 Å². The number of hydrogen-bond acceptors (Lipinski definition) is 3. The van der Waals surface area contributed by atoms with Crippen molar-refractivity contribution < 1.29 is 4.79 Å². The molecule has 0 bridgehead atoms. The van der Waals surface area contributed by atoms with E-state index < -0.39 is 0 Å². The van der Waals surface area contributed by atoms with Gasteiger partial charge in [-0.15, -0.1) is 0 Å². The van der Waals surface area contributed by atoms with Crippen molar-refractivity contribution >= 4 is 5.91 Å². The average Bonchev–Trinajstić information content (AvgIpc) is 2.53. The normalized spacial score (nSPS) is 24.6. The predicted molar refractivity (Wildman–Crippen MR) is 96.2 cm³/mol. The average molecular weight is 324 g/mol. The summed E-state index contributed by atoms with van der Waals surface area (Å²) in [5.74, 6) is 1.35. The van der Waals surface area contributed by atoms with Gasteiger partial charge in [-0.1, -0.05) is 40.0 Å². The first-order valence-corrected chi connectivity index (χ1v) is 9.71. The third-order valence-electron chi connectivity index (χ3n) is 5.89. The molecule has 2 fully saturated rings. The van der Waals surface area contributed by atoms with Gasteiger partial charge in [0, 0.05) is 12.1 Å². The molecular formula is C19H37N3O. The second-order valence-electron chi connectivity index (χ2n) is 8.41. The quantitative estimate of drug-likeness (QED) is 0.790. The molecule has 1 aliphatic heterocycles. The van der Waals surface area contributed by atoms with Crippen molar-refractivity contribution in [2.24, 2.45) is 17.6 Å². The van der Waals surface area contributed by atoms with Crippen molar-refractivity contribution in [3.63, 3.8) is 0 Å². The van der Waals surface area contributed by atoms with Crippen LogP contribution < -0.4 is 11.1 Å². The van der Waals surface area contributed by atoms with Crippen LogP contribution in [0.4, 0.5) is 0 Å². The van der Waals surface area contributed by atoms with Crippen LogP contribution in [0.15, 0.2) is 0 Å². The van der Waals surface area contributed by atoms with Gasteiger partial charge in [0.15, 0.2) is 0 Å². The number of nitrogens with zero attached hydrogens (tertiary/aromatic N) is 1. The molecule has 1 aliphatic carbocycles. The lowest BCUT2D eigenvalue weighted by Crippen LogP contribution is -2.59. The second-order valence-corrected chi connectivity index (χ2v) is 8.41. The summed E-state index contributed by atoms with van der Waals surface area (Å²) < 4.78 is 0. The summed E-state index contributed by atoms with van der Waals surface area (Å²) in [7, 11) is 0. The van der Waals surface area contributed by atoms with Crippen molar-refractivity contribution in [3.05, 3.63) is 0 Å². The van der Waals surface area contributed by atoms with Gasteiger partial charge in [-0.25, -0.2) is 0 Å². The monoisotopic (exact) mass is 323 g/mol. The number of amides is 1. The maximum absolute atomic E-state index is 12.3. The van der Waals surface area contributed by atoms with Crippen LogP contribution in [0, 0.1) is 11.8 Å². The fourth-order valence-electron chi connectivity index (χ4n) is 4.30. The Bertz CT molecular complexity index is 369. The molecule has 4 nitrogen and oxygen atoms in total. The van der Waals surface area contributed by atoms with Crippen molar-refractivity contribution in [3.8, 4) is 0 Å². The SMILES string of the molecule is CC(C)C[C@H](N)C(=O)NCC1(N2CCC(C)CC2)CCCCC1. The highest BCUT2D eigenvalue weighted by molar-refractivity contribution is 5.81. The second kappa shape index (κ2) is 8.48. The van der Waals surface area contributed by atoms with E-state index in [1.165, 1.54) is 58.0 Å². The number of carbonyl (C=O) groups excluding carboxylic acids is 1. The number of piperidine rings is 1. The molecule has 3 N–H and O–H groups in total. The van der Waals surface area contributed by atoms with E-state index in [0.29, 0.717) is 5.92 Å². The number of likely N-dealkylation sites (tertiary alicyclic amines) is 1. The molecule has 134 valence electrons. The minimum absolute atomic E-state index is 0.0361. The summed E-state index contributed by atoms with van der Waals surface area (Å²) >= 11 is 0. The summed E-state index contributed by atoms with van der Waals surface area (Å²) in [5, 5.41) is 3.20. The highest BCUT2D eigenvalue weighted by atomic mass is 16.2. The summed E-state index contributed by atoms with van der Waals surface area (Å²) in [4.78, 5) is 15.0. The first-order chi connectivity index (χ1) is 10.9. The molecule has 1 saturated heterocycles. The fraction of sp³-hybridized carbons (Fsp3) is 0.947. The van der Waals surface area contributed by atoms with E-state index in [1.54, 1.807) is 0 Å². The number of nitrogens with two attached hydrogens (primary N) is 1. The Morgan fingerprint density at radius 3 is 2.39 bits per heavy atom. The van der Waals surface area contributed by atoms with Crippen molar-refractivity contribution in [1.82, 2.24) is 10.2 Å². The molecule has 1 saturated carbocycles. The number of rotatable bonds is 6. The molecule has 2 rings (SSSR count). The summed E-state index contributed by atoms with van der Waals surface area (Å²) in [6.07, 6.45) is 9.72.